The van der Waals surface area contributed by atoms with Crippen molar-refractivity contribution in [3.63, 3.8) is 0 Å². The lowest BCUT2D eigenvalue weighted by Gasteiger charge is -2.42. The van der Waals surface area contributed by atoms with E-state index in [2.05, 4.69) is 25.7 Å². The van der Waals surface area contributed by atoms with E-state index in [1.807, 2.05) is 25.7 Å². The highest BCUT2D eigenvalue weighted by Gasteiger charge is 2.50. The molecule has 1 amide bonds. The SMILES string of the molecule is C#Cc1c(F)ccc2cccc(-c3ncc4c(N5CC6CCC(C5)N6C(=O)OC(C)(C)C)nc(OC[C@@]56CCCN5[C@H](CO)CC6)nc4c3F)c12. The molecule has 12 heteroatoms. The molecule has 266 valence electrons. The van der Waals surface area contributed by atoms with Gasteiger partial charge in [0, 0.05) is 36.3 Å². The Bertz CT molecular complexity index is 2070. The molecule has 8 rings (SSSR count). The van der Waals surface area contributed by atoms with Crippen molar-refractivity contribution in [1.29, 1.82) is 0 Å². The fourth-order valence-corrected chi connectivity index (χ4v) is 8.90. The topological polar surface area (TPSA) is 104 Å². The number of aliphatic hydroxyl groups is 1. The van der Waals surface area contributed by atoms with E-state index in [1.165, 1.54) is 6.07 Å². The van der Waals surface area contributed by atoms with Gasteiger partial charge < -0.3 is 19.5 Å². The number of aliphatic hydroxyl groups excluding tert-OH is 1. The first-order chi connectivity index (χ1) is 24.5. The molecule has 0 saturated carbocycles. The van der Waals surface area contributed by atoms with Crippen LogP contribution < -0.4 is 9.64 Å². The number of piperazine rings is 1. The van der Waals surface area contributed by atoms with Gasteiger partial charge in [-0.1, -0.05) is 30.2 Å². The number of amides is 1. The van der Waals surface area contributed by atoms with E-state index in [0.717, 1.165) is 45.1 Å². The van der Waals surface area contributed by atoms with Crippen LogP contribution in [0.1, 0.15) is 64.9 Å². The summed E-state index contributed by atoms with van der Waals surface area (Å²) < 4.78 is 44.1. The van der Waals surface area contributed by atoms with Gasteiger partial charge in [-0.15, -0.1) is 6.42 Å². The summed E-state index contributed by atoms with van der Waals surface area (Å²) in [7, 11) is 0. The summed E-state index contributed by atoms with van der Waals surface area (Å²) in [4.78, 5) is 33.6. The molecule has 4 aromatic rings. The number of aromatic nitrogens is 3. The predicted octanol–water partition coefficient (Wildman–Crippen LogP) is 6.06. The van der Waals surface area contributed by atoms with Gasteiger partial charge in [0.15, 0.2) is 5.82 Å². The molecule has 4 saturated heterocycles. The quantitative estimate of drug-likeness (QED) is 0.241. The monoisotopic (exact) mass is 696 g/mol. The first kappa shape index (κ1) is 33.5. The Hall–Kier alpha value is -4.60. The normalized spacial score (nSPS) is 24.7. The number of benzene rings is 2. The minimum absolute atomic E-state index is 0.0113. The molecule has 4 aliphatic heterocycles. The average molecular weight is 697 g/mol. The van der Waals surface area contributed by atoms with Crippen LogP contribution >= 0.6 is 0 Å². The van der Waals surface area contributed by atoms with Gasteiger partial charge in [-0.2, -0.15) is 9.97 Å². The number of pyridine rings is 1. The number of rotatable bonds is 6. The zero-order valence-corrected chi connectivity index (χ0v) is 29.2. The second-order valence-electron chi connectivity index (χ2n) is 15.3. The fraction of sp³-hybridized carbons (Fsp3) is 0.487. The molecule has 2 aromatic carbocycles. The highest BCUT2D eigenvalue weighted by atomic mass is 19.1. The van der Waals surface area contributed by atoms with Crippen molar-refractivity contribution < 1.29 is 28.2 Å². The number of nitrogens with zero attached hydrogens (tertiary/aromatic N) is 6. The van der Waals surface area contributed by atoms with Crippen LogP contribution in [-0.2, 0) is 4.74 Å². The Balaban J connectivity index is 1.21. The van der Waals surface area contributed by atoms with E-state index < -0.39 is 17.2 Å². The van der Waals surface area contributed by atoms with E-state index in [-0.39, 0.29) is 59.1 Å². The minimum Gasteiger partial charge on any atom is -0.461 e. The van der Waals surface area contributed by atoms with Gasteiger partial charge in [-0.05, 0) is 77.3 Å². The van der Waals surface area contributed by atoms with Crippen molar-refractivity contribution in [3.05, 3.63) is 53.7 Å². The van der Waals surface area contributed by atoms with Crippen LogP contribution in [0, 0.1) is 24.0 Å². The smallest absolute Gasteiger partial charge is 0.410 e. The van der Waals surface area contributed by atoms with Crippen molar-refractivity contribution in [3.8, 4) is 29.6 Å². The molecule has 2 unspecified atom stereocenters. The van der Waals surface area contributed by atoms with Gasteiger partial charge in [0.25, 0.3) is 0 Å². The van der Waals surface area contributed by atoms with Gasteiger partial charge >= 0.3 is 12.1 Å². The third-order valence-electron chi connectivity index (χ3n) is 11.1. The second-order valence-corrected chi connectivity index (χ2v) is 15.3. The fourth-order valence-electron chi connectivity index (χ4n) is 8.90. The zero-order valence-electron chi connectivity index (χ0n) is 29.2. The van der Waals surface area contributed by atoms with E-state index in [1.54, 1.807) is 30.5 Å². The summed E-state index contributed by atoms with van der Waals surface area (Å²) in [5.74, 6) is 1.64. The Kier molecular flexibility index (Phi) is 8.26. The van der Waals surface area contributed by atoms with Crippen LogP contribution in [0.2, 0.25) is 0 Å². The van der Waals surface area contributed by atoms with Crippen molar-refractivity contribution in [2.45, 2.75) is 88.6 Å². The second kappa shape index (κ2) is 12.6. The molecule has 51 heavy (non-hydrogen) atoms. The van der Waals surface area contributed by atoms with Crippen LogP contribution in [0.15, 0.2) is 36.5 Å². The van der Waals surface area contributed by atoms with Crippen LogP contribution in [-0.4, -0.2) is 98.1 Å². The molecule has 0 aliphatic carbocycles. The van der Waals surface area contributed by atoms with Gasteiger partial charge in [-0.3, -0.25) is 14.8 Å². The molecule has 2 bridgehead atoms. The molecular weight excluding hydrogens is 654 g/mol. The predicted molar refractivity (Wildman–Crippen MR) is 189 cm³/mol. The van der Waals surface area contributed by atoms with Gasteiger partial charge in [0.2, 0.25) is 0 Å². The number of fused-ring (bicyclic) bond motifs is 5. The summed E-state index contributed by atoms with van der Waals surface area (Å²) in [6, 6.07) is 8.06. The molecular formula is C39H42F2N6O4. The van der Waals surface area contributed by atoms with Gasteiger partial charge in [-0.25, -0.2) is 13.6 Å². The lowest BCUT2D eigenvalue weighted by Crippen LogP contribution is -2.57. The molecule has 2 aromatic heterocycles. The third-order valence-corrected chi connectivity index (χ3v) is 11.1. The van der Waals surface area contributed by atoms with E-state index in [9.17, 15) is 14.3 Å². The van der Waals surface area contributed by atoms with Gasteiger partial charge in [0.05, 0.1) is 35.2 Å². The van der Waals surface area contributed by atoms with Crippen LogP contribution in [0.5, 0.6) is 6.01 Å². The van der Waals surface area contributed by atoms with Crippen LogP contribution in [0.4, 0.5) is 19.4 Å². The average Bonchev–Trinajstić information content (AvgIpc) is 3.76. The number of ether oxygens (including phenoxy) is 2. The largest absolute Gasteiger partial charge is 0.461 e. The molecule has 6 heterocycles. The summed E-state index contributed by atoms with van der Waals surface area (Å²) in [6.07, 6.45) is 12.3. The number of carbonyl (C=O) groups excluding carboxylic acids is 1. The first-order valence-corrected chi connectivity index (χ1v) is 17.8. The standard InChI is InChI=1S/C39H42F2N6O4/c1-5-27-30(40)13-10-23-8-6-9-28(31(23)27)33-32(41)34-29(18-42-33)35(45-19-24-11-12-25(20-45)47(24)37(49)51-38(2,3)4)44-36(43-34)50-22-39-15-7-17-46(39)26(21-48)14-16-39/h1,6,8-10,13,18,24-26,48H,7,11-12,14-17,19-22H2,2-4H3/t24?,25?,26-,39-/m0/s1. The molecule has 4 fully saturated rings. The van der Waals surface area contributed by atoms with E-state index >= 15 is 4.39 Å². The molecule has 10 nitrogen and oxygen atoms in total. The number of carbonyl (C=O) groups is 1. The lowest BCUT2D eigenvalue weighted by atomic mass is 9.95. The van der Waals surface area contributed by atoms with E-state index in [4.69, 9.17) is 20.9 Å². The highest BCUT2D eigenvalue weighted by molar-refractivity contribution is 6.02. The van der Waals surface area contributed by atoms with Crippen molar-refractivity contribution >= 4 is 33.6 Å². The first-order valence-electron chi connectivity index (χ1n) is 17.8. The molecule has 1 N–H and O–H groups in total. The Labute approximate surface area is 295 Å². The van der Waals surface area contributed by atoms with Crippen molar-refractivity contribution in [2.24, 2.45) is 0 Å². The van der Waals surface area contributed by atoms with Crippen molar-refractivity contribution in [1.82, 2.24) is 24.8 Å². The maximum absolute atomic E-state index is 17.0. The summed E-state index contributed by atoms with van der Waals surface area (Å²) in [6.45, 7) is 7.79. The molecule has 4 atom stereocenters. The highest BCUT2D eigenvalue weighted by Crippen LogP contribution is 2.43. The van der Waals surface area contributed by atoms with Crippen molar-refractivity contribution in [2.75, 3.05) is 37.7 Å². The molecule has 0 radical (unpaired) electrons. The Morgan fingerprint density at radius 1 is 1.10 bits per heavy atom. The number of anilines is 1. The van der Waals surface area contributed by atoms with E-state index in [0.29, 0.717) is 47.2 Å². The minimum atomic E-state index is -0.696. The van der Waals surface area contributed by atoms with Crippen LogP contribution in [0.3, 0.4) is 0 Å². The summed E-state index contributed by atoms with van der Waals surface area (Å²) >= 11 is 0. The number of hydrogen-bond donors (Lipinski definition) is 1. The Morgan fingerprint density at radius 2 is 1.88 bits per heavy atom. The number of terminal acetylenes is 1. The number of hydrogen-bond acceptors (Lipinski definition) is 9. The maximum atomic E-state index is 17.0. The zero-order chi connectivity index (χ0) is 35.7. The third kappa shape index (κ3) is 5.71. The molecule has 0 spiro atoms. The number of halogens is 2. The maximum Gasteiger partial charge on any atom is 0.410 e. The molecule has 4 aliphatic rings. The lowest BCUT2D eigenvalue weighted by molar-refractivity contribution is 0.0122. The summed E-state index contributed by atoms with van der Waals surface area (Å²) in [5, 5.41) is 11.5. The van der Waals surface area contributed by atoms with Gasteiger partial charge in [0.1, 0.15) is 35.1 Å². The Morgan fingerprint density at radius 3 is 2.61 bits per heavy atom. The summed E-state index contributed by atoms with van der Waals surface area (Å²) in [5.41, 5.74) is -0.461. The van der Waals surface area contributed by atoms with Crippen LogP contribution in [0.25, 0.3) is 32.9 Å².